The number of fused-ring (bicyclic) bond motifs is 2. The number of piperazine rings is 1. The Morgan fingerprint density at radius 2 is 1.97 bits per heavy atom. The van der Waals surface area contributed by atoms with Gasteiger partial charge in [0.05, 0.1) is 27.8 Å². The molecule has 0 radical (unpaired) electrons. The maximum Gasteiger partial charge on any atom is 0.239 e. The number of hydrogen-bond acceptors (Lipinski definition) is 6. The molecular formula is C27H30ClN7O. The minimum Gasteiger partial charge on any atom is -0.350 e. The molecule has 2 saturated carbocycles. The topological polar surface area (TPSA) is 99.7 Å². The maximum atomic E-state index is 12.7. The average molecular weight is 504 g/mol. The summed E-state index contributed by atoms with van der Waals surface area (Å²) in [6.45, 7) is 3.43. The van der Waals surface area contributed by atoms with E-state index in [-0.39, 0.29) is 18.0 Å². The van der Waals surface area contributed by atoms with Gasteiger partial charge in [0.25, 0.3) is 0 Å². The van der Waals surface area contributed by atoms with Crippen molar-refractivity contribution in [2.75, 3.05) is 11.4 Å². The number of carbonyl (C=O) groups excluding carboxylic acids is 1. The van der Waals surface area contributed by atoms with Crippen LogP contribution < -0.4 is 10.2 Å². The SMILES string of the molecule is C[C@H]1CC[C@H](Cn2c(N3CC(=O)N[C@H]4CCC[C@@H]43)nc3cc(C#N)nc(-c4cncc(Cl)c4)c32)CC1. The van der Waals surface area contributed by atoms with Crippen LogP contribution in [0.4, 0.5) is 5.95 Å². The van der Waals surface area contributed by atoms with Crippen LogP contribution in [0.1, 0.15) is 57.6 Å². The van der Waals surface area contributed by atoms with Gasteiger partial charge in [-0.25, -0.2) is 9.97 Å². The van der Waals surface area contributed by atoms with E-state index in [0.29, 0.717) is 28.9 Å². The first-order chi connectivity index (χ1) is 17.5. The smallest absolute Gasteiger partial charge is 0.239 e. The van der Waals surface area contributed by atoms with Gasteiger partial charge >= 0.3 is 0 Å². The van der Waals surface area contributed by atoms with Crippen molar-refractivity contribution in [3.05, 3.63) is 35.2 Å². The van der Waals surface area contributed by atoms with E-state index in [2.05, 4.69) is 32.8 Å². The summed E-state index contributed by atoms with van der Waals surface area (Å²) in [7, 11) is 0. The molecule has 3 aliphatic rings. The average Bonchev–Trinajstić information content (AvgIpc) is 3.49. The standard InChI is InChI=1S/C27H30ClN7O/c1-16-5-7-17(8-6-16)14-35-26-22(10-20(11-29)31-25(26)18-9-19(28)13-30-12-18)33-27(35)34-15-24(36)32-21-3-2-4-23(21)34/h9-10,12-13,16-17,21,23H,2-8,14-15H2,1H3,(H,32,36)/t16-,17-,21-,23-/m0/s1. The van der Waals surface area contributed by atoms with Crippen LogP contribution in [0.5, 0.6) is 0 Å². The Hall–Kier alpha value is -3.18. The molecule has 36 heavy (non-hydrogen) atoms. The van der Waals surface area contributed by atoms with Crippen molar-refractivity contribution >= 4 is 34.5 Å². The lowest BCUT2D eigenvalue weighted by Crippen LogP contribution is -2.59. The molecule has 1 N–H and O–H groups in total. The van der Waals surface area contributed by atoms with E-state index in [1.165, 1.54) is 25.7 Å². The molecule has 2 atom stereocenters. The van der Waals surface area contributed by atoms with Crippen molar-refractivity contribution in [2.24, 2.45) is 11.8 Å². The van der Waals surface area contributed by atoms with Crippen molar-refractivity contribution in [3.8, 4) is 17.3 Å². The molecule has 0 unspecified atom stereocenters. The van der Waals surface area contributed by atoms with Crippen LogP contribution in [0, 0.1) is 23.2 Å². The van der Waals surface area contributed by atoms with Gasteiger partial charge in [0.1, 0.15) is 18.3 Å². The Morgan fingerprint density at radius 3 is 2.75 bits per heavy atom. The number of aromatic nitrogens is 4. The highest BCUT2D eigenvalue weighted by Crippen LogP contribution is 2.38. The van der Waals surface area contributed by atoms with E-state index in [1.807, 2.05) is 6.07 Å². The molecule has 1 aliphatic heterocycles. The van der Waals surface area contributed by atoms with Crippen LogP contribution in [0.25, 0.3) is 22.3 Å². The third-order valence-corrected chi connectivity index (χ3v) is 8.38. The van der Waals surface area contributed by atoms with Gasteiger partial charge in [0.2, 0.25) is 11.9 Å². The molecule has 3 aromatic rings. The fourth-order valence-electron chi connectivity index (χ4n) is 6.33. The van der Waals surface area contributed by atoms with Crippen molar-refractivity contribution in [3.63, 3.8) is 0 Å². The van der Waals surface area contributed by atoms with E-state index in [0.717, 1.165) is 54.3 Å². The van der Waals surface area contributed by atoms with Crippen molar-refractivity contribution < 1.29 is 4.79 Å². The fourth-order valence-corrected chi connectivity index (χ4v) is 6.51. The largest absolute Gasteiger partial charge is 0.350 e. The zero-order chi connectivity index (χ0) is 24.8. The molecule has 3 fully saturated rings. The van der Waals surface area contributed by atoms with Crippen molar-refractivity contribution in [1.82, 2.24) is 24.8 Å². The summed E-state index contributed by atoms with van der Waals surface area (Å²) >= 11 is 6.30. The van der Waals surface area contributed by atoms with Crippen molar-refractivity contribution in [2.45, 2.75) is 70.5 Å². The summed E-state index contributed by atoms with van der Waals surface area (Å²) in [5, 5.41) is 13.4. The molecule has 1 amide bonds. The lowest BCUT2D eigenvalue weighted by atomic mass is 9.83. The molecule has 0 spiro atoms. The van der Waals surface area contributed by atoms with Gasteiger partial charge in [-0.1, -0.05) is 31.4 Å². The summed E-state index contributed by atoms with van der Waals surface area (Å²) in [6, 6.07) is 6.16. The first-order valence-electron chi connectivity index (χ1n) is 13.0. The molecular weight excluding hydrogens is 474 g/mol. The van der Waals surface area contributed by atoms with E-state index in [9.17, 15) is 10.1 Å². The number of amides is 1. The predicted molar refractivity (Wildman–Crippen MR) is 139 cm³/mol. The summed E-state index contributed by atoms with van der Waals surface area (Å²) in [4.78, 5) is 29.0. The van der Waals surface area contributed by atoms with Gasteiger partial charge < -0.3 is 14.8 Å². The third kappa shape index (κ3) is 4.20. The molecule has 8 nitrogen and oxygen atoms in total. The number of rotatable bonds is 4. The zero-order valence-electron chi connectivity index (χ0n) is 20.5. The highest BCUT2D eigenvalue weighted by molar-refractivity contribution is 6.30. The van der Waals surface area contributed by atoms with Gasteiger partial charge in [-0.15, -0.1) is 0 Å². The van der Waals surface area contributed by atoms with E-state index in [1.54, 1.807) is 18.5 Å². The summed E-state index contributed by atoms with van der Waals surface area (Å²) in [5.41, 5.74) is 3.31. The monoisotopic (exact) mass is 503 g/mol. The van der Waals surface area contributed by atoms with Gasteiger partial charge in [-0.3, -0.25) is 9.78 Å². The van der Waals surface area contributed by atoms with Crippen LogP contribution in [0.15, 0.2) is 24.5 Å². The minimum atomic E-state index is 0.0401. The Labute approximate surface area is 215 Å². The lowest BCUT2D eigenvalue weighted by molar-refractivity contribution is -0.121. The second-order valence-corrected chi connectivity index (χ2v) is 11.1. The highest BCUT2D eigenvalue weighted by Gasteiger charge is 2.40. The van der Waals surface area contributed by atoms with Gasteiger partial charge in [0, 0.05) is 36.6 Å². The number of pyridine rings is 2. The number of nitrogens with one attached hydrogen (secondary N) is 1. The van der Waals surface area contributed by atoms with Crippen molar-refractivity contribution in [1.29, 1.82) is 5.26 Å². The minimum absolute atomic E-state index is 0.0401. The molecule has 1 saturated heterocycles. The molecule has 2 aliphatic carbocycles. The number of nitrogens with zero attached hydrogens (tertiary/aromatic N) is 6. The molecule has 186 valence electrons. The number of carbonyl (C=O) groups is 1. The Balaban J connectivity index is 1.55. The number of hydrogen-bond donors (Lipinski definition) is 1. The maximum absolute atomic E-state index is 12.7. The molecule has 0 aromatic carbocycles. The number of nitriles is 1. The Bertz CT molecular complexity index is 1350. The molecule has 9 heteroatoms. The summed E-state index contributed by atoms with van der Waals surface area (Å²) in [5.74, 6) is 2.14. The van der Waals surface area contributed by atoms with Crippen LogP contribution in [-0.4, -0.2) is 44.1 Å². The van der Waals surface area contributed by atoms with E-state index in [4.69, 9.17) is 21.6 Å². The van der Waals surface area contributed by atoms with E-state index < -0.39 is 0 Å². The molecule has 3 aromatic heterocycles. The first-order valence-corrected chi connectivity index (χ1v) is 13.4. The van der Waals surface area contributed by atoms with Gasteiger partial charge in [0.15, 0.2) is 0 Å². The quantitative estimate of drug-likeness (QED) is 0.553. The second kappa shape index (κ2) is 9.36. The van der Waals surface area contributed by atoms with Gasteiger partial charge in [-0.2, -0.15) is 5.26 Å². The molecule has 4 heterocycles. The second-order valence-electron chi connectivity index (χ2n) is 10.7. The number of halogens is 1. The highest BCUT2D eigenvalue weighted by atomic mass is 35.5. The number of anilines is 1. The summed E-state index contributed by atoms with van der Waals surface area (Å²) in [6.07, 6.45) is 11.2. The third-order valence-electron chi connectivity index (χ3n) is 8.17. The Kier molecular flexibility index (Phi) is 6.04. The fraction of sp³-hybridized carbons (Fsp3) is 0.519. The number of imidazole rings is 1. The van der Waals surface area contributed by atoms with Gasteiger partial charge in [-0.05, 0) is 50.0 Å². The van der Waals surface area contributed by atoms with Crippen LogP contribution in [-0.2, 0) is 11.3 Å². The summed E-state index contributed by atoms with van der Waals surface area (Å²) < 4.78 is 2.27. The first kappa shape index (κ1) is 23.2. The van der Waals surface area contributed by atoms with Crippen LogP contribution in [0.2, 0.25) is 5.02 Å². The normalized spacial score (nSPS) is 26.0. The van der Waals surface area contributed by atoms with E-state index >= 15 is 0 Å². The lowest BCUT2D eigenvalue weighted by Gasteiger charge is -2.39. The molecule has 0 bridgehead atoms. The predicted octanol–water partition coefficient (Wildman–Crippen LogP) is 4.70. The zero-order valence-corrected chi connectivity index (χ0v) is 21.2. The Morgan fingerprint density at radius 1 is 1.14 bits per heavy atom. The molecule has 6 rings (SSSR count). The van der Waals surface area contributed by atoms with Crippen LogP contribution >= 0.6 is 11.6 Å². The van der Waals surface area contributed by atoms with Crippen LogP contribution in [0.3, 0.4) is 0 Å².